The first kappa shape index (κ1) is 41.8. The number of carbonyl (C=O) groups excluding carboxylic acids is 3. The first-order valence-electron chi connectivity index (χ1n) is 15.9. The predicted molar refractivity (Wildman–Crippen MR) is 176 cm³/mol. The molecule has 2 heterocycles. The Hall–Kier alpha value is -5.59. The van der Waals surface area contributed by atoms with Gasteiger partial charge >= 0.3 is 18.8 Å². The number of alkyl halides is 6. The van der Waals surface area contributed by atoms with Crippen LogP contribution < -0.4 is 25.4 Å². The highest BCUT2D eigenvalue weighted by Crippen LogP contribution is 2.30. The zero-order valence-corrected chi connectivity index (χ0v) is 28.5. The van der Waals surface area contributed by atoms with Crippen LogP contribution in [0.3, 0.4) is 0 Å². The molecule has 0 aromatic heterocycles. The second kappa shape index (κ2) is 18.3. The van der Waals surface area contributed by atoms with Crippen LogP contribution in [0.25, 0.3) is 20.9 Å². The summed E-state index contributed by atoms with van der Waals surface area (Å²) in [5.41, 5.74) is 16.3. The maximum atomic E-state index is 12.8. The number of amides is 3. The van der Waals surface area contributed by atoms with E-state index in [1.165, 1.54) is 29.2 Å². The molecule has 3 N–H and O–H groups in total. The zero-order valence-electron chi connectivity index (χ0n) is 28.5. The number of likely N-dealkylation sites (tertiary alicyclic amines) is 1. The lowest BCUT2D eigenvalue weighted by Crippen LogP contribution is -2.49. The van der Waals surface area contributed by atoms with Gasteiger partial charge in [0.1, 0.15) is 23.1 Å². The number of hydrogen-bond donors (Lipinski definition) is 3. The number of rotatable bonds is 10. The molecule has 0 unspecified atom stereocenters. The first-order chi connectivity index (χ1) is 24.8. The average Bonchev–Trinajstić information content (AvgIpc) is 3.69. The van der Waals surface area contributed by atoms with Crippen molar-refractivity contribution >= 4 is 29.3 Å². The fraction of sp³-hybridized carbons (Fsp3) is 0.516. The van der Waals surface area contributed by atoms with Crippen molar-refractivity contribution in [2.45, 2.75) is 88.9 Å². The van der Waals surface area contributed by atoms with Crippen molar-refractivity contribution in [3.05, 3.63) is 69.4 Å². The van der Waals surface area contributed by atoms with Crippen molar-refractivity contribution in [2.75, 3.05) is 23.7 Å². The van der Waals surface area contributed by atoms with E-state index in [9.17, 15) is 40.7 Å². The number of halogens is 6. The first-order valence-corrected chi connectivity index (χ1v) is 15.9. The quantitative estimate of drug-likeness (QED) is 0.0955. The topological polar surface area (TPSA) is 216 Å². The fourth-order valence-corrected chi connectivity index (χ4v) is 5.34. The minimum atomic E-state index is -4.87. The lowest BCUT2D eigenvalue weighted by atomic mass is 10.2. The molecule has 0 saturated carbocycles. The van der Waals surface area contributed by atoms with Crippen molar-refractivity contribution in [2.24, 2.45) is 10.2 Å². The minimum Gasteiger partial charge on any atom is -0.444 e. The number of nitrogens with one attached hydrogen (secondary N) is 3. The number of carbonyl (C=O) groups is 3. The third-order valence-corrected chi connectivity index (χ3v) is 7.36. The van der Waals surface area contributed by atoms with Gasteiger partial charge in [0, 0.05) is 58.5 Å². The number of azide groups is 2. The van der Waals surface area contributed by atoms with Gasteiger partial charge in [-0.25, -0.2) is 4.79 Å². The summed E-state index contributed by atoms with van der Waals surface area (Å²) in [6, 6.07) is 7.82. The van der Waals surface area contributed by atoms with Crippen LogP contribution in [0.5, 0.6) is 11.5 Å². The fourth-order valence-electron chi connectivity index (χ4n) is 5.34. The largest absolute Gasteiger partial charge is 0.573 e. The summed E-state index contributed by atoms with van der Waals surface area (Å²) in [6.45, 7) is 5.23. The van der Waals surface area contributed by atoms with Gasteiger partial charge in [0.05, 0.1) is 6.04 Å². The van der Waals surface area contributed by atoms with E-state index in [2.05, 4.69) is 45.5 Å². The highest BCUT2D eigenvalue weighted by molar-refractivity contribution is 5.97. The molecule has 4 rings (SSSR count). The Labute approximate surface area is 298 Å². The van der Waals surface area contributed by atoms with Crippen molar-refractivity contribution in [1.82, 2.24) is 10.2 Å². The van der Waals surface area contributed by atoms with Crippen LogP contribution in [-0.4, -0.2) is 78.4 Å². The lowest BCUT2D eigenvalue weighted by molar-refractivity contribution is -0.275. The van der Waals surface area contributed by atoms with Gasteiger partial charge in [0.25, 0.3) is 0 Å². The summed E-state index contributed by atoms with van der Waals surface area (Å²) in [6.07, 6.45) is -8.50. The summed E-state index contributed by atoms with van der Waals surface area (Å²) in [7, 11) is 0. The van der Waals surface area contributed by atoms with Gasteiger partial charge in [-0.3, -0.25) is 14.5 Å². The Morgan fingerprint density at radius 2 is 1.34 bits per heavy atom. The molecular weight excluding hydrogens is 722 g/mol. The number of hydrogen-bond acceptors (Lipinski definition) is 9. The third kappa shape index (κ3) is 14.5. The van der Waals surface area contributed by atoms with Gasteiger partial charge in [0.2, 0.25) is 11.8 Å². The Kier molecular flexibility index (Phi) is 14.4. The molecule has 0 bridgehead atoms. The second-order valence-corrected chi connectivity index (χ2v) is 12.6. The molecular formula is C31H36F6N10O6. The van der Waals surface area contributed by atoms with Crippen molar-refractivity contribution in [3.8, 4) is 11.5 Å². The maximum Gasteiger partial charge on any atom is 0.573 e. The monoisotopic (exact) mass is 758 g/mol. The molecule has 53 heavy (non-hydrogen) atoms. The van der Waals surface area contributed by atoms with Crippen molar-refractivity contribution in [3.63, 3.8) is 0 Å². The standard InChI is InChI=1S/C18H22F3N5O4.C13H14F3N5O2/c1-17(2,3)30-16(28)26-12(10-23-25-22)7-8-14(26)15(27)24-11-5-4-6-13(9-11)29-18(19,20)21;14-13(15,16)23-10-3-1-2-8(6-10)20-12(22)11-5-4-9(19-11)7-18-21-17/h4-6,9,12,14H,7-8,10H2,1-3H3,(H,24,27);1-3,6,9,11,19H,4-5,7H2,(H,20,22)/t12-,14+;9-,11+/m11/s1. The highest BCUT2D eigenvalue weighted by Gasteiger charge is 2.43. The molecule has 2 fully saturated rings. The van der Waals surface area contributed by atoms with E-state index in [0.29, 0.717) is 19.3 Å². The van der Waals surface area contributed by atoms with E-state index < -0.39 is 60.0 Å². The summed E-state index contributed by atoms with van der Waals surface area (Å²) in [4.78, 5) is 44.1. The normalized spacial score (nSPS) is 19.8. The second-order valence-electron chi connectivity index (χ2n) is 12.6. The van der Waals surface area contributed by atoms with E-state index in [-0.39, 0.29) is 42.8 Å². The van der Waals surface area contributed by atoms with E-state index in [0.717, 1.165) is 24.3 Å². The van der Waals surface area contributed by atoms with Gasteiger partial charge < -0.3 is 30.2 Å². The smallest absolute Gasteiger partial charge is 0.444 e. The summed E-state index contributed by atoms with van der Waals surface area (Å²) in [5, 5.41) is 15.0. The molecule has 0 aliphatic carbocycles. The third-order valence-electron chi connectivity index (χ3n) is 7.36. The summed E-state index contributed by atoms with van der Waals surface area (Å²) < 4.78 is 86.7. The molecule has 0 radical (unpaired) electrons. The molecule has 4 atom stereocenters. The summed E-state index contributed by atoms with van der Waals surface area (Å²) >= 11 is 0. The molecule has 2 aromatic carbocycles. The van der Waals surface area contributed by atoms with E-state index in [1.54, 1.807) is 20.8 Å². The molecule has 2 aromatic rings. The maximum absolute atomic E-state index is 12.8. The minimum absolute atomic E-state index is 0.0333. The van der Waals surface area contributed by atoms with Crippen molar-refractivity contribution < 1.29 is 54.9 Å². The van der Waals surface area contributed by atoms with Gasteiger partial charge in [-0.15, -0.1) is 26.3 Å². The molecule has 22 heteroatoms. The SMILES string of the molecule is CC(C)(C)OC(=O)N1[C@@H](CN=[N+]=[N-])CC[C@H]1C(=O)Nc1cccc(OC(F)(F)F)c1.[N-]=[N+]=NC[C@H]1CC[C@@H](C(=O)Nc2cccc(OC(F)(F)F)c2)N1. The van der Waals surface area contributed by atoms with Gasteiger partial charge in [-0.05, 0) is 81.8 Å². The molecule has 2 saturated heterocycles. The number of benzene rings is 2. The van der Waals surface area contributed by atoms with E-state index >= 15 is 0 Å². The van der Waals surface area contributed by atoms with Crippen LogP contribution >= 0.6 is 0 Å². The van der Waals surface area contributed by atoms with Crippen LogP contribution in [0.4, 0.5) is 42.5 Å². The lowest BCUT2D eigenvalue weighted by Gasteiger charge is -2.31. The van der Waals surface area contributed by atoms with Crippen LogP contribution in [0.2, 0.25) is 0 Å². The zero-order chi connectivity index (χ0) is 39.4. The van der Waals surface area contributed by atoms with Gasteiger partial charge in [-0.1, -0.05) is 22.4 Å². The molecule has 2 aliphatic heterocycles. The molecule has 16 nitrogen and oxygen atoms in total. The Morgan fingerprint density at radius 3 is 1.85 bits per heavy atom. The predicted octanol–water partition coefficient (Wildman–Crippen LogP) is 7.56. The van der Waals surface area contributed by atoms with Crippen LogP contribution in [0.1, 0.15) is 46.5 Å². The van der Waals surface area contributed by atoms with Crippen molar-refractivity contribution in [1.29, 1.82) is 0 Å². The van der Waals surface area contributed by atoms with Gasteiger partial charge in [0.15, 0.2) is 0 Å². The average molecular weight is 759 g/mol. The van der Waals surface area contributed by atoms with Crippen LogP contribution in [0.15, 0.2) is 58.8 Å². The highest BCUT2D eigenvalue weighted by atomic mass is 19.4. The number of anilines is 2. The Bertz CT molecular complexity index is 1690. The van der Waals surface area contributed by atoms with Gasteiger partial charge in [-0.2, -0.15) is 0 Å². The summed E-state index contributed by atoms with van der Waals surface area (Å²) in [5.74, 6) is -1.86. The Morgan fingerprint density at radius 1 is 0.811 bits per heavy atom. The van der Waals surface area contributed by atoms with Crippen LogP contribution in [0, 0.1) is 0 Å². The number of ether oxygens (including phenoxy) is 3. The Balaban J connectivity index is 0.000000295. The van der Waals surface area contributed by atoms with E-state index in [4.69, 9.17) is 15.8 Å². The van der Waals surface area contributed by atoms with E-state index in [1.807, 2.05) is 0 Å². The molecule has 2 aliphatic rings. The molecule has 288 valence electrons. The number of nitrogens with zero attached hydrogens (tertiary/aromatic N) is 7. The molecule has 0 spiro atoms. The van der Waals surface area contributed by atoms with Crippen LogP contribution in [-0.2, 0) is 14.3 Å². The molecule has 3 amide bonds.